The molecule has 2 atom stereocenters. The predicted molar refractivity (Wildman–Crippen MR) is 72.5 cm³/mol. The fourth-order valence-corrected chi connectivity index (χ4v) is 1.97. The number of benzene rings is 1. The van der Waals surface area contributed by atoms with Gasteiger partial charge in [-0.3, -0.25) is 0 Å². The Morgan fingerprint density at radius 2 is 2.18 bits per heavy atom. The Bertz CT molecular complexity index is 357. The highest BCUT2D eigenvalue weighted by atomic mass is 35.5. The normalized spacial score (nSPS) is 14.6. The molecule has 0 aliphatic rings. The topological polar surface area (TPSA) is 47.3 Å². The Hall–Kier alpha value is -0.610. The molecule has 0 radical (unpaired) electrons. The molecule has 1 aromatic carbocycles. The van der Waals surface area contributed by atoms with Gasteiger partial charge in [-0.05, 0) is 37.1 Å². The molecule has 0 aromatic heterocycles. The number of nitrogens with two attached hydrogens (primary N) is 1. The number of rotatable bonds is 6. The van der Waals surface area contributed by atoms with Crippen molar-refractivity contribution in [3.8, 4) is 0 Å². The van der Waals surface area contributed by atoms with E-state index in [4.69, 9.17) is 22.1 Å². The van der Waals surface area contributed by atoms with E-state index < -0.39 is 0 Å². The van der Waals surface area contributed by atoms with Crippen molar-refractivity contribution in [3.63, 3.8) is 0 Å². The third kappa shape index (κ3) is 4.28. The first kappa shape index (κ1) is 14.5. The second-order valence-corrected chi connectivity index (χ2v) is 4.68. The van der Waals surface area contributed by atoms with E-state index in [2.05, 4.69) is 5.32 Å². The maximum absolute atomic E-state index is 5.94. The summed E-state index contributed by atoms with van der Waals surface area (Å²) in [6, 6.07) is 6.03. The van der Waals surface area contributed by atoms with Crippen LogP contribution >= 0.6 is 11.6 Å². The van der Waals surface area contributed by atoms with E-state index in [0.29, 0.717) is 6.54 Å². The third-order valence-electron chi connectivity index (χ3n) is 2.90. The van der Waals surface area contributed by atoms with E-state index in [9.17, 15) is 0 Å². The maximum Gasteiger partial charge on any atom is 0.0667 e. The lowest BCUT2D eigenvalue weighted by atomic mass is 10.0. The predicted octanol–water partition coefficient (Wildman–Crippen LogP) is 2.27. The molecule has 0 aliphatic carbocycles. The van der Waals surface area contributed by atoms with E-state index >= 15 is 0 Å². The molecule has 3 nitrogen and oxygen atoms in total. The van der Waals surface area contributed by atoms with Crippen LogP contribution in [0.15, 0.2) is 18.2 Å². The summed E-state index contributed by atoms with van der Waals surface area (Å²) >= 11 is 5.94. The van der Waals surface area contributed by atoms with Gasteiger partial charge in [-0.15, -0.1) is 0 Å². The minimum atomic E-state index is 0.143. The molecule has 17 heavy (non-hydrogen) atoms. The molecular formula is C13H21ClN2O. The van der Waals surface area contributed by atoms with Gasteiger partial charge in [0.25, 0.3) is 0 Å². The lowest BCUT2D eigenvalue weighted by molar-refractivity contribution is 0.114. The second-order valence-electron chi connectivity index (χ2n) is 4.24. The summed E-state index contributed by atoms with van der Waals surface area (Å²) in [5.41, 5.74) is 8.16. The number of ether oxygens (including phenoxy) is 1. The lowest BCUT2D eigenvalue weighted by Crippen LogP contribution is -2.34. The summed E-state index contributed by atoms with van der Waals surface area (Å²) in [6.07, 6.45) is 0.177. The fraction of sp³-hybridized carbons (Fsp3) is 0.538. The highest BCUT2D eigenvalue weighted by Gasteiger charge is 2.12. The fourth-order valence-electron chi connectivity index (χ4n) is 1.74. The summed E-state index contributed by atoms with van der Waals surface area (Å²) in [4.78, 5) is 0. The number of nitrogens with one attached hydrogen (secondary N) is 1. The Balaban J connectivity index is 2.72. The zero-order valence-electron chi connectivity index (χ0n) is 10.7. The first-order valence-corrected chi connectivity index (χ1v) is 6.18. The average molecular weight is 257 g/mol. The SMILES string of the molecule is COC(C)CNC(CN)c1ccc(Cl)cc1C. The van der Waals surface area contributed by atoms with Crippen molar-refractivity contribution in [2.75, 3.05) is 20.2 Å². The van der Waals surface area contributed by atoms with Crippen molar-refractivity contribution in [3.05, 3.63) is 34.3 Å². The third-order valence-corrected chi connectivity index (χ3v) is 3.13. The number of hydrogen-bond donors (Lipinski definition) is 2. The van der Waals surface area contributed by atoms with Crippen LogP contribution in [0.1, 0.15) is 24.1 Å². The van der Waals surface area contributed by atoms with Crippen molar-refractivity contribution in [1.82, 2.24) is 5.32 Å². The second kappa shape index (κ2) is 6.97. The average Bonchev–Trinajstić information content (AvgIpc) is 2.31. The first-order chi connectivity index (χ1) is 8.08. The molecule has 0 saturated carbocycles. The van der Waals surface area contributed by atoms with E-state index in [-0.39, 0.29) is 12.1 Å². The van der Waals surface area contributed by atoms with Gasteiger partial charge in [-0.1, -0.05) is 17.7 Å². The number of methoxy groups -OCH3 is 1. The van der Waals surface area contributed by atoms with E-state index in [0.717, 1.165) is 17.1 Å². The molecule has 0 bridgehead atoms. The lowest BCUT2D eigenvalue weighted by Gasteiger charge is -2.21. The number of halogens is 1. The highest BCUT2D eigenvalue weighted by molar-refractivity contribution is 6.30. The van der Waals surface area contributed by atoms with Crippen LogP contribution in [0.5, 0.6) is 0 Å². The molecule has 0 heterocycles. The summed E-state index contributed by atoms with van der Waals surface area (Å²) in [5, 5.41) is 4.16. The molecule has 0 amide bonds. The highest BCUT2D eigenvalue weighted by Crippen LogP contribution is 2.20. The molecule has 0 spiro atoms. The van der Waals surface area contributed by atoms with Crippen molar-refractivity contribution in [2.45, 2.75) is 26.0 Å². The van der Waals surface area contributed by atoms with Crippen molar-refractivity contribution in [2.24, 2.45) is 5.73 Å². The van der Waals surface area contributed by atoms with Gasteiger partial charge in [0.1, 0.15) is 0 Å². The van der Waals surface area contributed by atoms with Crippen LogP contribution < -0.4 is 11.1 Å². The maximum atomic E-state index is 5.94. The van der Waals surface area contributed by atoms with Crippen LogP contribution in [0, 0.1) is 6.92 Å². The quantitative estimate of drug-likeness (QED) is 0.821. The molecule has 0 fully saturated rings. The Morgan fingerprint density at radius 1 is 1.47 bits per heavy atom. The molecule has 96 valence electrons. The van der Waals surface area contributed by atoms with E-state index in [1.165, 1.54) is 5.56 Å². The molecule has 1 rings (SSSR count). The monoisotopic (exact) mass is 256 g/mol. The van der Waals surface area contributed by atoms with Gasteiger partial charge < -0.3 is 15.8 Å². The molecular weight excluding hydrogens is 236 g/mol. The van der Waals surface area contributed by atoms with Crippen LogP contribution in [0.4, 0.5) is 0 Å². The van der Waals surface area contributed by atoms with Crippen LogP contribution in [0.2, 0.25) is 5.02 Å². The molecule has 1 aromatic rings. The van der Waals surface area contributed by atoms with Gasteiger partial charge in [-0.25, -0.2) is 0 Å². The summed E-state index contributed by atoms with van der Waals surface area (Å²) < 4.78 is 5.21. The summed E-state index contributed by atoms with van der Waals surface area (Å²) in [6.45, 7) is 5.40. The van der Waals surface area contributed by atoms with E-state index in [1.807, 2.05) is 32.0 Å². The molecule has 3 N–H and O–H groups in total. The molecule has 2 unspecified atom stereocenters. The van der Waals surface area contributed by atoms with Gasteiger partial charge in [0.05, 0.1) is 6.10 Å². The van der Waals surface area contributed by atoms with Gasteiger partial charge in [0, 0.05) is 31.3 Å². The minimum absolute atomic E-state index is 0.143. The Labute approximate surface area is 108 Å². The molecule has 4 heteroatoms. The van der Waals surface area contributed by atoms with Crippen LogP contribution in [-0.2, 0) is 4.74 Å². The van der Waals surface area contributed by atoms with Gasteiger partial charge in [0.15, 0.2) is 0 Å². The van der Waals surface area contributed by atoms with Gasteiger partial charge >= 0.3 is 0 Å². The summed E-state index contributed by atoms with van der Waals surface area (Å²) in [5.74, 6) is 0. The Morgan fingerprint density at radius 3 is 2.71 bits per heavy atom. The number of aryl methyl sites for hydroxylation is 1. The van der Waals surface area contributed by atoms with Crippen LogP contribution in [-0.4, -0.2) is 26.3 Å². The van der Waals surface area contributed by atoms with Gasteiger partial charge in [-0.2, -0.15) is 0 Å². The smallest absolute Gasteiger partial charge is 0.0667 e. The van der Waals surface area contributed by atoms with Crippen molar-refractivity contribution in [1.29, 1.82) is 0 Å². The van der Waals surface area contributed by atoms with Crippen LogP contribution in [0.25, 0.3) is 0 Å². The molecule has 0 saturated heterocycles. The van der Waals surface area contributed by atoms with Crippen LogP contribution in [0.3, 0.4) is 0 Å². The van der Waals surface area contributed by atoms with Crippen molar-refractivity contribution >= 4 is 11.6 Å². The molecule has 0 aliphatic heterocycles. The first-order valence-electron chi connectivity index (χ1n) is 5.80. The zero-order chi connectivity index (χ0) is 12.8. The standard InChI is InChI=1S/C13H21ClN2O/c1-9-6-11(14)4-5-12(9)13(7-15)16-8-10(2)17-3/h4-6,10,13,16H,7-8,15H2,1-3H3. The summed E-state index contributed by atoms with van der Waals surface area (Å²) in [7, 11) is 1.71. The largest absolute Gasteiger partial charge is 0.380 e. The Kier molecular flexibility index (Phi) is 5.92. The van der Waals surface area contributed by atoms with Gasteiger partial charge in [0.2, 0.25) is 0 Å². The van der Waals surface area contributed by atoms with Crippen molar-refractivity contribution < 1.29 is 4.74 Å². The number of hydrogen-bond acceptors (Lipinski definition) is 3. The minimum Gasteiger partial charge on any atom is -0.380 e. The van der Waals surface area contributed by atoms with E-state index in [1.54, 1.807) is 7.11 Å². The zero-order valence-corrected chi connectivity index (χ0v) is 11.4.